The molecule has 1 saturated carbocycles. The molecule has 1 heterocycles. The predicted octanol–water partition coefficient (Wildman–Crippen LogP) is 4.42. The maximum absolute atomic E-state index is 12.3. The molecule has 27 heavy (non-hydrogen) atoms. The predicted molar refractivity (Wildman–Crippen MR) is 113 cm³/mol. The summed E-state index contributed by atoms with van der Waals surface area (Å²) in [6, 6.07) is 6.32. The van der Waals surface area contributed by atoms with Crippen LogP contribution in [0.15, 0.2) is 37.1 Å². The Kier molecular flexibility index (Phi) is 6.81. The van der Waals surface area contributed by atoms with E-state index in [1.165, 1.54) is 30.4 Å². The number of hydrogen-bond acceptors (Lipinski definition) is 3. The van der Waals surface area contributed by atoms with Crippen molar-refractivity contribution >= 4 is 18.8 Å². The lowest BCUT2D eigenvalue weighted by atomic mass is 9.57. The number of rotatable bonds is 8. The fraction of sp³-hybridized carbons (Fsp3) is 0.522. The lowest BCUT2D eigenvalue weighted by Crippen LogP contribution is -2.39. The molecule has 1 fully saturated rings. The first-order chi connectivity index (χ1) is 13.0. The van der Waals surface area contributed by atoms with Crippen molar-refractivity contribution in [3.05, 3.63) is 53.7 Å². The topological polar surface area (TPSA) is 38.3 Å². The molecule has 1 aromatic carbocycles. The number of benzene rings is 1. The SMILES string of the molecule is C=C(C)N[C@@H]1[B]Cc2c(cccc2C(=C)OCCC(=O)C2CCCCC2)C1. The molecule has 1 aliphatic heterocycles. The molecule has 4 heteroatoms. The van der Waals surface area contributed by atoms with Crippen molar-refractivity contribution in [3.8, 4) is 0 Å². The number of carbonyl (C=O) groups is 1. The minimum atomic E-state index is 0.257. The number of ether oxygens (including phenoxy) is 1. The van der Waals surface area contributed by atoms with E-state index < -0.39 is 0 Å². The Morgan fingerprint density at radius 2 is 2.04 bits per heavy atom. The molecule has 0 saturated heterocycles. The smallest absolute Gasteiger partial charge is 0.146 e. The molecule has 1 aromatic rings. The molecule has 0 amide bonds. The van der Waals surface area contributed by atoms with E-state index in [9.17, 15) is 4.79 Å². The molecule has 143 valence electrons. The van der Waals surface area contributed by atoms with Crippen LogP contribution in [0, 0.1) is 5.92 Å². The maximum atomic E-state index is 12.3. The summed E-state index contributed by atoms with van der Waals surface area (Å²) >= 11 is 0. The Morgan fingerprint density at radius 3 is 2.78 bits per heavy atom. The number of Topliss-reactive ketones (excluding diaryl/α,β-unsaturated/α-hetero) is 1. The van der Waals surface area contributed by atoms with E-state index in [-0.39, 0.29) is 5.92 Å². The van der Waals surface area contributed by atoms with Crippen LogP contribution >= 0.6 is 0 Å². The summed E-state index contributed by atoms with van der Waals surface area (Å²) in [5, 5.41) is 3.41. The monoisotopic (exact) mass is 364 g/mol. The highest BCUT2D eigenvalue weighted by molar-refractivity contribution is 6.38. The van der Waals surface area contributed by atoms with Crippen LogP contribution in [0.25, 0.3) is 5.76 Å². The maximum Gasteiger partial charge on any atom is 0.146 e. The quantitative estimate of drug-likeness (QED) is 0.548. The summed E-state index contributed by atoms with van der Waals surface area (Å²) in [7, 11) is 2.29. The van der Waals surface area contributed by atoms with Gasteiger partial charge in [0.2, 0.25) is 0 Å². The first-order valence-electron chi connectivity index (χ1n) is 10.3. The summed E-state index contributed by atoms with van der Waals surface area (Å²) in [5.74, 6) is 1.63. The lowest BCUT2D eigenvalue weighted by Gasteiger charge is -2.28. The zero-order valence-electron chi connectivity index (χ0n) is 16.6. The van der Waals surface area contributed by atoms with E-state index in [0.29, 0.717) is 30.5 Å². The Morgan fingerprint density at radius 1 is 1.26 bits per heavy atom. The Hall–Kier alpha value is -1.97. The average molecular weight is 364 g/mol. The van der Waals surface area contributed by atoms with Crippen LogP contribution in [0.3, 0.4) is 0 Å². The van der Waals surface area contributed by atoms with Gasteiger partial charge in [-0.1, -0.05) is 56.9 Å². The van der Waals surface area contributed by atoms with Crippen molar-refractivity contribution in [2.75, 3.05) is 6.61 Å². The molecule has 1 radical (unpaired) electrons. The van der Waals surface area contributed by atoms with Crippen molar-refractivity contribution in [1.82, 2.24) is 5.32 Å². The number of hydrogen-bond donors (Lipinski definition) is 1. The van der Waals surface area contributed by atoms with Gasteiger partial charge in [0, 0.05) is 17.9 Å². The van der Waals surface area contributed by atoms with Crippen LogP contribution in [-0.2, 0) is 22.3 Å². The molecule has 0 spiro atoms. The van der Waals surface area contributed by atoms with E-state index in [1.54, 1.807) is 0 Å². The van der Waals surface area contributed by atoms with Gasteiger partial charge in [0.25, 0.3) is 0 Å². The van der Waals surface area contributed by atoms with Crippen molar-refractivity contribution in [2.45, 2.75) is 64.1 Å². The highest BCUT2D eigenvalue weighted by Gasteiger charge is 2.23. The van der Waals surface area contributed by atoms with E-state index in [0.717, 1.165) is 36.8 Å². The molecule has 2 aliphatic rings. The second-order valence-corrected chi connectivity index (χ2v) is 7.94. The first-order valence-corrected chi connectivity index (χ1v) is 10.3. The molecule has 0 aromatic heterocycles. The van der Waals surface area contributed by atoms with Crippen LogP contribution in [0.5, 0.6) is 0 Å². The molecule has 1 atom stereocenters. The van der Waals surface area contributed by atoms with Gasteiger partial charge < -0.3 is 10.1 Å². The van der Waals surface area contributed by atoms with E-state index in [2.05, 4.69) is 44.0 Å². The summed E-state index contributed by atoms with van der Waals surface area (Å²) in [4.78, 5) is 12.3. The summed E-state index contributed by atoms with van der Waals surface area (Å²) in [5.41, 5.74) is 4.69. The molecule has 1 N–H and O–H groups in total. The fourth-order valence-electron chi connectivity index (χ4n) is 4.32. The molecule has 3 nitrogen and oxygen atoms in total. The van der Waals surface area contributed by atoms with E-state index >= 15 is 0 Å². The van der Waals surface area contributed by atoms with Gasteiger partial charge in [0.15, 0.2) is 0 Å². The normalized spacial score (nSPS) is 19.5. The standard InChI is InChI=1S/C23H31BNO2/c1-16(2)25-23-14-19-10-7-11-20(21(19)15-24-23)17(3)27-13-12-22(26)18-8-5-4-6-9-18/h7,10-11,18,23,25H,1,3-6,8-9,12-15H2,2H3/t23-/m0/s1. The molecule has 0 bridgehead atoms. The van der Waals surface area contributed by atoms with E-state index in [4.69, 9.17) is 4.74 Å². The number of allylic oxidation sites excluding steroid dienone is 1. The largest absolute Gasteiger partial charge is 0.493 e. The molecule has 1 aliphatic carbocycles. The van der Waals surface area contributed by atoms with Gasteiger partial charge in [0.05, 0.1) is 6.61 Å². The van der Waals surface area contributed by atoms with Crippen LogP contribution < -0.4 is 5.32 Å². The molecule has 3 rings (SSSR count). The lowest BCUT2D eigenvalue weighted by molar-refractivity contribution is -0.124. The molecular formula is C23H31BNO2. The minimum Gasteiger partial charge on any atom is -0.493 e. The van der Waals surface area contributed by atoms with Crippen LogP contribution in [0.4, 0.5) is 0 Å². The van der Waals surface area contributed by atoms with Crippen molar-refractivity contribution < 1.29 is 9.53 Å². The number of fused-ring (bicyclic) bond motifs is 1. The van der Waals surface area contributed by atoms with Gasteiger partial charge >= 0.3 is 0 Å². The summed E-state index contributed by atoms with van der Waals surface area (Å²) in [6.07, 6.45) is 8.10. The van der Waals surface area contributed by atoms with Gasteiger partial charge in [-0.15, -0.1) is 0 Å². The second-order valence-electron chi connectivity index (χ2n) is 7.94. The van der Waals surface area contributed by atoms with Crippen LogP contribution in [-0.4, -0.2) is 25.6 Å². The Balaban J connectivity index is 1.54. The van der Waals surface area contributed by atoms with Gasteiger partial charge in [-0.2, -0.15) is 0 Å². The Labute approximate surface area is 164 Å². The van der Waals surface area contributed by atoms with Crippen molar-refractivity contribution in [1.29, 1.82) is 0 Å². The summed E-state index contributed by atoms with van der Waals surface area (Å²) < 4.78 is 5.89. The first kappa shape index (κ1) is 19.8. The second kappa shape index (κ2) is 9.30. The zero-order valence-corrected chi connectivity index (χ0v) is 16.6. The highest BCUT2D eigenvalue weighted by Crippen LogP contribution is 2.28. The molecule has 0 unspecified atom stereocenters. The number of ketones is 1. The summed E-state index contributed by atoms with van der Waals surface area (Å²) in [6.45, 7) is 10.5. The van der Waals surface area contributed by atoms with Gasteiger partial charge in [-0.25, -0.2) is 0 Å². The third-order valence-corrected chi connectivity index (χ3v) is 5.74. The van der Waals surface area contributed by atoms with Gasteiger partial charge in [0.1, 0.15) is 18.8 Å². The average Bonchev–Trinajstić information content (AvgIpc) is 2.67. The minimum absolute atomic E-state index is 0.257. The fourth-order valence-corrected chi connectivity index (χ4v) is 4.32. The number of carbonyl (C=O) groups excluding carboxylic acids is 1. The van der Waals surface area contributed by atoms with E-state index in [1.807, 2.05) is 6.92 Å². The third-order valence-electron chi connectivity index (χ3n) is 5.74. The van der Waals surface area contributed by atoms with Crippen LogP contribution in [0.2, 0.25) is 0 Å². The van der Waals surface area contributed by atoms with Crippen LogP contribution in [0.1, 0.15) is 62.1 Å². The Bertz CT molecular complexity index is 706. The van der Waals surface area contributed by atoms with Gasteiger partial charge in [-0.05, 0) is 49.0 Å². The van der Waals surface area contributed by atoms with Crippen molar-refractivity contribution in [2.24, 2.45) is 5.92 Å². The highest BCUT2D eigenvalue weighted by atomic mass is 16.5. The molecular weight excluding hydrogens is 333 g/mol. The third kappa shape index (κ3) is 5.28. The van der Waals surface area contributed by atoms with Crippen molar-refractivity contribution in [3.63, 3.8) is 0 Å². The number of nitrogens with one attached hydrogen (secondary N) is 1. The van der Waals surface area contributed by atoms with Gasteiger partial charge in [-0.3, -0.25) is 4.79 Å². The zero-order chi connectivity index (χ0) is 19.2.